The third-order valence-corrected chi connectivity index (χ3v) is 5.26. The van der Waals surface area contributed by atoms with Gasteiger partial charge in [-0.3, -0.25) is 4.79 Å². The smallest absolute Gasteiger partial charge is 0.287 e. The first-order chi connectivity index (χ1) is 12.6. The first kappa shape index (κ1) is 18.7. The average Bonchev–Trinajstić information content (AvgIpc) is 2.65. The molecule has 0 aromatic heterocycles. The molecule has 5 nitrogen and oxygen atoms in total. The molecule has 2 aromatic rings. The number of benzene rings is 2. The molecule has 0 saturated carbocycles. The molecule has 1 heterocycles. The Balaban J connectivity index is 1.82. The topological polar surface area (TPSA) is 47.2 Å². The van der Waals surface area contributed by atoms with Crippen molar-refractivity contribution in [3.8, 4) is 5.75 Å². The number of carbonyl (C=O) groups is 1. The van der Waals surface area contributed by atoms with Crippen molar-refractivity contribution in [3.05, 3.63) is 59.1 Å². The Labute approximate surface area is 159 Å². The van der Waals surface area contributed by atoms with E-state index in [2.05, 4.69) is 12.4 Å². The van der Waals surface area contributed by atoms with Crippen molar-refractivity contribution in [1.29, 1.82) is 0 Å². The summed E-state index contributed by atoms with van der Waals surface area (Å²) in [6, 6.07) is 15.1. The number of hydrogen-bond donors (Lipinski definition) is 3. The van der Waals surface area contributed by atoms with Crippen LogP contribution in [0.1, 0.15) is 11.6 Å². The van der Waals surface area contributed by atoms with E-state index >= 15 is 0 Å². The summed E-state index contributed by atoms with van der Waals surface area (Å²) in [5, 5.41) is 3.52. The minimum atomic E-state index is -0.231. The highest BCUT2D eigenvalue weighted by atomic mass is 35.5. The molecular weight excluding hydrogens is 350 g/mol. The zero-order chi connectivity index (χ0) is 18.5. The predicted octanol–water partition coefficient (Wildman–Crippen LogP) is 0.442. The highest BCUT2D eigenvalue weighted by molar-refractivity contribution is 6.32. The van der Waals surface area contributed by atoms with Crippen LogP contribution in [-0.4, -0.2) is 46.2 Å². The molecule has 3 rings (SSSR count). The Kier molecular flexibility index (Phi) is 6.14. The lowest BCUT2D eigenvalue weighted by atomic mass is 10.0. The van der Waals surface area contributed by atoms with Gasteiger partial charge in [-0.1, -0.05) is 41.9 Å². The van der Waals surface area contributed by atoms with Gasteiger partial charge >= 0.3 is 0 Å². The minimum absolute atomic E-state index is 0.00742. The van der Waals surface area contributed by atoms with Gasteiger partial charge in [0.2, 0.25) is 0 Å². The van der Waals surface area contributed by atoms with Crippen LogP contribution in [0.3, 0.4) is 0 Å². The molecule has 2 aromatic carbocycles. The van der Waals surface area contributed by atoms with Crippen molar-refractivity contribution in [3.63, 3.8) is 0 Å². The Bertz CT molecular complexity index is 746. The Hall–Kier alpha value is -2.08. The van der Waals surface area contributed by atoms with Gasteiger partial charge in [-0.05, 0) is 18.2 Å². The molecule has 1 aliphatic rings. The van der Waals surface area contributed by atoms with E-state index in [4.69, 9.17) is 16.3 Å². The molecule has 0 bridgehead atoms. The normalized spacial score (nSPS) is 21.0. The van der Waals surface area contributed by atoms with E-state index in [0.717, 1.165) is 31.7 Å². The van der Waals surface area contributed by atoms with Crippen molar-refractivity contribution < 1.29 is 19.3 Å². The lowest BCUT2D eigenvalue weighted by Crippen LogP contribution is -3.27. The quantitative estimate of drug-likeness (QED) is 0.710. The molecule has 3 N–H and O–H groups in total. The van der Waals surface area contributed by atoms with E-state index in [-0.39, 0.29) is 11.9 Å². The standard InChI is InChI=1S/C20H24ClN3O2/c1-23-10-12-24(13-11-23)19(15-6-4-3-5-7-15)20(25)22-16-8-9-18(26-2)17(21)14-16/h3-9,14,19H,10-13H2,1-2H3,(H,22,25)/p+2/t19-/m0/s1. The van der Waals surface area contributed by atoms with Crippen LogP contribution in [0.4, 0.5) is 5.69 Å². The van der Waals surface area contributed by atoms with E-state index < -0.39 is 0 Å². The number of likely N-dealkylation sites (N-methyl/N-ethyl adjacent to an activating group) is 1. The van der Waals surface area contributed by atoms with Crippen molar-refractivity contribution in [2.24, 2.45) is 0 Å². The van der Waals surface area contributed by atoms with E-state index in [1.165, 1.54) is 9.80 Å². The number of methoxy groups -OCH3 is 1. The van der Waals surface area contributed by atoms with Crippen LogP contribution < -0.4 is 19.9 Å². The van der Waals surface area contributed by atoms with Gasteiger partial charge in [0.15, 0.2) is 6.04 Å². The third kappa shape index (κ3) is 4.36. The molecule has 1 amide bonds. The lowest BCUT2D eigenvalue weighted by Gasteiger charge is -2.32. The lowest BCUT2D eigenvalue weighted by molar-refractivity contribution is -1.01. The summed E-state index contributed by atoms with van der Waals surface area (Å²) in [4.78, 5) is 16.0. The summed E-state index contributed by atoms with van der Waals surface area (Å²) in [6.45, 7) is 4.09. The molecule has 1 fully saturated rings. The van der Waals surface area contributed by atoms with Crippen LogP contribution in [0, 0.1) is 0 Å². The number of halogens is 1. The highest BCUT2D eigenvalue weighted by Crippen LogP contribution is 2.27. The predicted molar refractivity (Wildman–Crippen MR) is 103 cm³/mol. The summed E-state index contributed by atoms with van der Waals surface area (Å²) in [7, 11) is 3.78. The van der Waals surface area contributed by atoms with E-state index in [1.54, 1.807) is 19.2 Å². The second-order valence-electron chi connectivity index (χ2n) is 6.80. The van der Waals surface area contributed by atoms with Crippen molar-refractivity contribution in [1.82, 2.24) is 0 Å². The number of rotatable bonds is 5. The maximum Gasteiger partial charge on any atom is 0.287 e. The van der Waals surface area contributed by atoms with Gasteiger partial charge in [-0.25, -0.2) is 0 Å². The van der Waals surface area contributed by atoms with Crippen LogP contribution in [0.2, 0.25) is 5.02 Å². The summed E-state index contributed by atoms with van der Waals surface area (Å²) in [5.41, 5.74) is 1.72. The van der Waals surface area contributed by atoms with E-state index in [0.29, 0.717) is 16.5 Å². The van der Waals surface area contributed by atoms with Gasteiger partial charge in [0.25, 0.3) is 5.91 Å². The Morgan fingerprint density at radius 1 is 1.12 bits per heavy atom. The molecule has 0 unspecified atom stereocenters. The SMILES string of the molecule is COc1ccc(NC(=O)[C@H](c2ccccc2)[NH+]2CC[NH+](C)CC2)cc1Cl. The average molecular weight is 376 g/mol. The number of anilines is 1. The molecular formula is C20H26ClN3O2+2. The zero-order valence-electron chi connectivity index (χ0n) is 15.2. The number of piperazine rings is 1. The fraction of sp³-hybridized carbons (Fsp3) is 0.350. The van der Waals surface area contributed by atoms with Gasteiger partial charge in [-0.15, -0.1) is 0 Å². The van der Waals surface area contributed by atoms with Crippen LogP contribution in [0.5, 0.6) is 5.75 Å². The van der Waals surface area contributed by atoms with Crippen LogP contribution in [-0.2, 0) is 4.79 Å². The zero-order valence-corrected chi connectivity index (χ0v) is 16.0. The van der Waals surface area contributed by atoms with E-state index in [1.807, 2.05) is 36.4 Å². The molecule has 0 radical (unpaired) electrons. The summed E-state index contributed by atoms with van der Waals surface area (Å²) in [6.07, 6.45) is 0. The second kappa shape index (κ2) is 8.54. The van der Waals surface area contributed by atoms with Gasteiger partial charge in [0, 0.05) is 11.3 Å². The Morgan fingerprint density at radius 2 is 1.81 bits per heavy atom. The molecule has 1 atom stereocenters. The third-order valence-electron chi connectivity index (χ3n) is 4.97. The van der Waals surface area contributed by atoms with Crippen molar-refractivity contribution in [2.45, 2.75) is 6.04 Å². The number of amides is 1. The maximum atomic E-state index is 13.1. The number of quaternary nitrogens is 2. The van der Waals surface area contributed by atoms with Crippen LogP contribution >= 0.6 is 11.6 Å². The molecule has 1 aliphatic heterocycles. The van der Waals surface area contributed by atoms with Crippen LogP contribution in [0.25, 0.3) is 0 Å². The summed E-state index contributed by atoms with van der Waals surface area (Å²) >= 11 is 6.19. The van der Waals surface area contributed by atoms with Gasteiger partial charge in [0.05, 0.1) is 19.2 Å². The maximum absolute atomic E-state index is 13.1. The molecule has 138 valence electrons. The summed E-state index contributed by atoms with van der Waals surface area (Å²) < 4.78 is 5.18. The van der Waals surface area contributed by atoms with Crippen molar-refractivity contribution >= 4 is 23.2 Å². The molecule has 26 heavy (non-hydrogen) atoms. The fourth-order valence-corrected chi connectivity index (χ4v) is 3.72. The van der Waals surface area contributed by atoms with Gasteiger partial charge < -0.3 is 19.9 Å². The minimum Gasteiger partial charge on any atom is -0.495 e. The van der Waals surface area contributed by atoms with Gasteiger partial charge in [0.1, 0.15) is 31.9 Å². The van der Waals surface area contributed by atoms with E-state index in [9.17, 15) is 4.79 Å². The summed E-state index contributed by atoms with van der Waals surface area (Å²) in [5.74, 6) is 0.587. The van der Waals surface area contributed by atoms with Gasteiger partial charge in [-0.2, -0.15) is 0 Å². The number of hydrogen-bond acceptors (Lipinski definition) is 2. The Morgan fingerprint density at radius 3 is 2.42 bits per heavy atom. The highest BCUT2D eigenvalue weighted by Gasteiger charge is 2.34. The largest absolute Gasteiger partial charge is 0.495 e. The second-order valence-corrected chi connectivity index (χ2v) is 7.20. The number of ether oxygens (including phenoxy) is 1. The van der Waals surface area contributed by atoms with Crippen molar-refractivity contribution in [2.75, 3.05) is 45.7 Å². The molecule has 0 aliphatic carbocycles. The monoisotopic (exact) mass is 375 g/mol. The number of carbonyl (C=O) groups excluding carboxylic acids is 1. The molecule has 1 saturated heterocycles. The fourth-order valence-electron chi connectivity index (χ4n) is 3.46. The molecule has 6 heteroatoms. The van der Waals surface area contributed by atoms with Crippen LogP contribution in [0.15, 0.2) is 48.5 Å². The number of nitrogens with one attached hydrogen (secondary N) is 3. The first-order valence-electron chi connectivity index (χ1n) is 8.93. The first-order valence-corrected chi connectivity index (χ1v) is 9.31. The molecule has 0 spiro atoms.